The maximum atomic E-state index is 9.69. The Bertz CT molecular complexity index is 190. The van der Waals surface area contributed by atoms with Gasteiger partial charge in [0.05, 0.1) is 51.6 Å². The van der Waals surface area contributed by atoms with Crippen LogP contribution in [0.1, 0.15) is 0 Å². The van der Waals surface area contributed by atoms with E-state index < -0.39 is 11.9 Å². The summed E-state index contributed by atoms with van der Waals surface area (Å²) in [6.45, 7) is 0.697. The fraction of sp³-hybridized carbons (Fsp3) is 0.800. The van der Waals surface area contributed by atoms with Crippen molar-refractivity contribution in [2.45, 2.75) is 0 Å². The van der Waals surface area contributed by atoms with E-state index in [1.807, 2.05) is 0 Å². The molecule has 0 rings (SSSR count). The minimum absolute atomic E-state index is 0. The maximum absolute atomic E-state index is 9.69. The van der Waals surface area contributed by atoms with E-state index in [0.717, 1.165) is 0 Å². The van der Waals surface area contributed by atoms with Crippen molar-refractivity contribution >= 4 is 57.4 Å². The number of rotatable bonds is 10. The van der Waals surface area contributed by atoms with Crippen LogP contribution in [0.15, 0.2) is 0 Å². The first kappa shape index (κ1) is 24.3. The summed E-state index contributed by atoms with van der Waals surface area (Å²) in [6.07, 6.45) is 0. The second-order valence-electron chi connectivity index (χ2n) is 2.83. The maximum Gasteiger partial charge on any atom is 2.00 e. The molecule has 0 radical (unpaired) electrons. The predicted octanol–water partition coefficient (Wildman–Crippen LogP) is -3.58. The summed E-state index contributed by atoms with van der Waals surface area (Å²) in [5, 5.41) is 19.4. The molecule has 0 saturated carbocycles. The average Bonchev–Trinajstić information content (AvgIpc) is 2.31. The van der Waals surface area contributed by atoms with Gasteiger partial charge in [0.2, 0.25) is 0 Å². The first-order chi connectivity index (χ1) is 8.54. The van der Waals surface area contributed by atoms with E-state index in [1.165, 1.54) is 14.2 Å². The number of hydrogen-bond donors (Lipinski definition) is 0. The Balaban J connectivity index is -0.000000256. The van der Waals surface area contributed by atoms with Crippen LogP contribution in [0.2, 0.25) is 0 Å². The van der Waals surface area contributed by atoms with Gasteiger partial charge in [0, 0.05) is 14.2 Å². The molecular weight excluding hydrogens is 336 g/mol. The van der Waals surface area contributed by atoms with Crippen LogP contribution in [0.4, 0.5) is 0 Å². The summed E-state index contributed by atoms with van der Waals surface area (Å²) >= 11 is 0. The number of ether oxygens (including phenoxy) is 4. The van der Waals surface area contributed by atoms with Crippen molar-refractivity contribution in [2.24, 2.45) is 0 Å². The minimum Gasteiger partial charge on any atom is -0.548 e. The van der Waals surface area contributed by atoms with Crippen molar-refractivity contribution in [3.05, 3.63) is 0 Å². The smallest absolute Gasteiger partial charge is 0.548 e. The summed E-state index contributed by atoms with van der Waals surface area (Å²) < 4.78 is 18.3. The van der Waals surface area contributed by atoms with Crippen molar-refractivity contribution in [1.29, 1.82) is 0 Å². The van der Waals surface area contributed by atoms with E-state index in [-0.39, 0.29) is 58.7 Å². The molecule has 0 saturated heterocycles. The summed E-state index contributed by atoms with van der Waals surface area (Å²) in [5.41, 5.74) is 0. The van der Waals surface area contributed by atoms with Gasteiger partial charge in [-0.05, 0) is 0 Å². The van der Waals surface area contributed by atoms with Crippen LogP contribution in [0, 0.1) is 0 Å². The summed E-state index contributed by atoms with van der Waals surface area (Å²) in [7, 11) is 3.03. The number of methoxy groups -OCH3 is 2. The van der Waals surface area contributed by atoms with Gasteiger partial charge < -0.3 is 38.7 Å². The van der Waals surface area contributed by atoms with E-state index in [2.05, 4.69) is 18.9 Å². The molecule has 0 atom stereocenters. The van der Waals surface area contributed by atoms with Crippen molar-refractivity contribution in [3.63, 3.8) is 0 Å². The van der Waals surface area contributed by atoms with Crippen LogP contribution in [0.25, 0.3) is 0 Å². The molecule has 0 spiro atoms. The molecule has 19 heavy (non-hydrogen) atoms. The first-order valence-corrected chi connectivity index (χ1v) is 5.07. The number of carboxylic acid groups (broad SMARTS) is 2. The second-order valence-corrected chi connectivity index (χ2v) is 2.83. The van der Waals surface area contributed by atoms with E-state index in [0.29, 0.717) is 26.4 Å². The molecule has 0 bridgehead atoms. The SMILES string of the molecule is COCCOCC(=O)[O-].COCCOCC(=O)[O-].[Sr+2]. The van der Waals surface area contributed by atoms with Crippen LogP contribution in [-0.2, 0) is 28.5 Å². The molecule has 9 heteroatoms. The standard InChI is InChI=1S/2C5H10O4.Sr/c2*1-8-2-3-9-4-5(6)7;/h2*2-4H2,1H3,(H,6,7);/q;;+2/p-2. The third kappa shape index (κ3) is 32.1. The third-order valence-electron chi connectivity index (χ3n) is 1.30. The van der Waals surface area contributed by atoms with Gasteiger partial charge in [-0.25, -0.2) is 0 Å². The molecule has 0 heterocycles. The van der Waals surface area contributed by atoms with Crippen LogP contribution in [-0.4, -0.2) is 111 Å². The van der Waals surface area contributed by atoms with E-state index in [9.17, 15) is 19.8 Å². The zero-order valence-corrected chi connectivity index (χ0v) is 14.7. The molecule has 0 aliphatic heterocycles. The molecule has 0 aromatic heterocycles. The van der Waals surface area contributed by atoms with Crippen molar-refractivity contribution in [1.82, 2.24) is 0 Å². The third-order valence-corrected chi connectivity index (χ3v) is 1.30. The molecule has 0 aromatic carbocycles. The van der Waals surface area contributed by atoms with Gasteiger partial charge in [-0.3, -0.25) is 0 Å². The van der Waals surface area contributed by atoms with Crippen LogP contribution < -0.4 is 10.2 Å². The molecule has 0 amide bonds. The monoisotopic (exact) mass is 354 g/mol. The number of carbonyl (C=O) groups is 2. The van der Waals surface area contributed by atoms with Crippen molar-refractivity contribution < 1.29 is 38.7 Å². The first-order valence-electron chi connectivity index (χ1n) is 5.07. The van der Waals surface area contributed by atoms with E-state index in [1.54, 1.807) is 0 Å². The molecule has 108 valence electrons. The topological polar surface area (TPSA) is 117 Å². The summed E-state index contributed by atoms with van der Waals surface area (Å²) in [5.74, 6) is -2.41. The molecule has 0 fully saturated rings. The van der Waals surface area contributed by atoms with Gasteiger partial charge in [-0.15, -0.1) is 0 Å². The summed E-state index contributed by atoms with van der Waals surface area (Å²) in [6, 6.07) is 0. The van der Waals surface area contributed by atoms with E-state index >= 15 is 0 Å². The van der Waals surface area contributed by atoms with Crippen LogP contribution >= 0.6 is 0 Å². The number of carboxylic acids is 2. The molecule has 8 nitrogen and oxygen atoms in total. The molecule has 0 aromatic rings. The largest absolute Gasteiger partial charge is 2.00 e. The van der Waals surface area contributed by atoms with Gasteiger partial charge in [0.25, 0.3) is 0 Å². The van der Waals surface area contributed by atoms with Crippen molar-refractivity contribution in [2.75, 3.05) is 53.9 Å². The average molecular weight is 354 g/mol. The van der Waals surface area contributed by atoms with Gasteiger partial charge >= 0.3 is 45.5 Å². The molecule has 0 aliphatic carbocycles. The zero-order chi connectivity index (χ0) is 14.2. The molecule has 0 unspecified atom stereocenters. The zero-order valence-electron chi connectivity index (χ0n) is 11.2. The Labute approximate surface area is 149 Å². The molecular formula is C10H18O8Sr. The normalized spacial score (nSPS) is 8.95. The fourth-order valence-corrected chi connectivity index (χ4v) is 0.596. The van der Waals surface area contributed by atoms with E-state index in [4.69, 9.17) is 0 Å². The van der Waals surface area contributed by atoms with Gasteiger partial charge in [0.15, 0.2) is 0 Å². The van der Waals surface area contributed by atoms with Gasteiger partial charge in [-0.2, -0.15) is 0 Å². The Morgan fingerprint density at radius 3 is 1.32 bits per heavy atom. The molecule has 0 N–H and O–H groups in total. The minimum atomic E-state index is -1.20. The second kappa shape index (κ2) is 20.6. The Morgan fingerprint density at radius 2 is 1.11 bits per heavy atom. The summed E-state index contributed by atoms with van der Waals surface area (Å²) in [4.78, 5) is 19.4. The number of carbonyl (C=O) groups excluding carboxylic acids is 2. The quantitative estimate of drug-likeness (QED) is 0.292. The van der Waals surface area contributed by atoms with Gasteiger partial charge in [0.1, 0.15) is 0 Å². The Kier molecular flexibility index (Phi) is 26.3. The van der Waals surface area contributed by atoms with Gasteiger partial charge in [-0.1, -0.05) is 0 Å². The van der Waals surface area contributed by atoms with Crippen LogP contribution in [0.5, 0.6) is 0 Å². The Morgan fingerprint density at radius 1 is 0.789 bits per heavy atom. The van der Waals surface area contributed by atoms with Crippen LogP contribution in [0.3, 0.4) is 0 Å². The number of hydrogen-bond acceptors (Lipinski definition) is 8. The predicted molar refractivity (Wildman–Crippen MR) is 61.2 cm³/mol. The molecule has 0 aliphatic rings. The Hall–Kier alpha value is 0.261. The fourth-order valence-electron chi connectivity index (χ4n) is 0.596. The number of aliphatic carboxylic acids is 2. The van der Waals surface area contributed by atoms with Crippen molar-refractivity contribution in [3.8, 4) is 0 Å².